The molecule has 0 saturated carbocycles. The van der Waals surface area contributed by atoms with Crippen LogP contribution in [0.3, 0.4) is 0 Å². The molecule has 1 N–H and O–H groups in total. The summed E-state index contributed by atoms with van der Waals surface area (Å²) >= 11 is 0. The minimum absolute atomic E-state index is 0.726. The van der Waals surface area contributed by atoms with Crippen molar-refractivity contribution in [2.75, 3.05) is 19.6 Å². The van der Waals surface area contributed by atoms with Crippen LogP contribution >= 0.6 is 0 Å². The first kappa shape index (κ1) is 15.0. The molecule has 0 aromatic rings. The topological polar surface area (TPSA) is 15.3 Å². The van der Waals surface area contributed by atoms with E-state index in [1.54, 1.807) is 0 Å². The Labute approximate surface area is 108 Å². The summed E-state index contributed by atoms with van der Waals surface area (Å²) in [6.07, 6.45) is 6.79. The van der Waals surface area contributed by atoms with Gasteiger partial charge in [-0.25, -0.2) is 0 Å². The van der Waals surface area contributed by atoms with Gasteiger partial charge in [-0.1, -0.05) is 33.6 Å². The Morgan fingerprint density at radius 3 is 2.53 bits per heavy atom. The van der Waals surface area contributed by atoms with E-state index < -0.39 is 0 Å². The van der Waals surface area contributed by atoms with Gasteiger partial charge in [-0.3, -0.25) is 0 Å². The molecule has 1 aliphatic heterocycles. The number of nitrogens with one attached hydrogen (secondary N) is 1. The summed E-state index contributed by atoms with van der Waals surface area (Å²) in [5.74, 6) is 0.830. The van der Waals surface area contributed by atoms with Crippen molar-refractivity contribution < 1.29 is 0 Å². The molecule has 0 aromatic heterocycles. The summed E-state index contributed by atoms with van der Waals surface area (Å²) in [6, 6.07) is 1.49. The third-order valence-corrected chi connectivity index (χ3v) is 4.31. The molecule has 0 aromatic carbocycles. The molecule has 17 heavy (non-hydrogen) atoms. The summed E-state index contributed by atoms with van der Waals surface area (Å²) in [4.78, 5) is 2.66. The highest BCUT2D eigenvalue weighted by Gasteiger charge is 2.20. The molecule has 3 unspecified atom stereocenters. The van der Waals surface area contributed by atoms with Crippen molar-refractivity contribution >= 4 is 0 Å². The van der Waals surface area contributed by atoms with Crippen molar-refractivity contribution in [2.45, 2.75) is 71.9 Å². The number of nitrogens with zero attached hydrogens (tertiary/aromatic N) is 1. The molecule has 0 amide bonds. The fourth-order valence-corrected chi connectivity index (χ4v) is 2.84. The molecule has 102 valence electrons. The maximum Gasteiger partial charge on any atom is 0.00818 e. The van der Waals surface area contributed by atoms with Gasteiger partial charge in [0, 0.05) is 18.6 Å². The molecule has 1 aliphatic rings. The van der Waals surface area contributed by atoms with E-state index in [2.05, 4.69) is 37.9 Å². The summed E-state index contributed by atoms with van der Waals surface area (Å²) in [5, 5.41) is 3.67. The summed E-state index contributed by atoms with van der Waals surface area (Å²) < 4.78 is 0. The second-order valence-corrected chi connectivity index (χ2v) is 5.83. The van der Waals surface area contributed by atoms with E-state index in [1.807, 2.05) is 0 Å². The molecule has 3 atom stereocenters. The van der Waals surface area contributed by atoms with E-state index in [9.17, 15) is 0 Å². The van der Waals surface area contributed by atoms with Gasteiger partial charge in [0.05, 0.1) is 0 Å². The quantitative estimate of drug-likeness (QED) is 0.735. The number of rotatable bonds is 7. The maximum atomic E-state index is 3.67. The Kier molecular flexibility index (Phi) is 7.14. The molecule has 1 rings (SSSR count). The van der Waals surface area contributed by atoms with E-state index in [1.165, 1.54) is 51.7 Å². The van der Waals surface area contributed by atoms with Crippen molar-refractivity contribution in [3.8, 4) is 0 Å². The normalized spacial score (nSPS) is 24.9. The van der Waals surface area contributed by atoms with Gasteiger partial charge in [0.15, 0.2) is 0 Å². The zero-order valence-corrected chi connectivity index (χ0v) is 12.3. The van der Waals surface area contributed by atoms with Gasteiger partial charge in [0.1, 0.15) is 0 Å². The van der Waals surface area contributed by atoms with Crippen LogP contribution in [0, 0.1) is 5.92 Å². The summed E-state index contributed by atoms with van der Waals surface area (Å²) in [5.41, 5.74) is 0. The Balaban J connectivity index is 2.33. The Bertz CT molecular complexity index is 187. The molecule has 0 spiro atoms. The van der Waals surface area contributed by atoms with Gasteiger partial charge in [-0.15, -0.1) is 0 Å². The molecule has 0 aliphatic carbocycles. The Morgan fingerprint density at radius 2 is 2.00 bits per heavy atom. The van der Waals surface area contributed by atoms with Crippen LogP contribution in [0.2, 0.25) is 0 Å². The van der Waals surface area contributed by atoms with Gasteiger partial charge >= 0.3 is 0 Å². The third-order valence-electron chi connectivity index (χ3n) is 4.31. The zero-order chi connectivity index (χ0) is 12.7. The minimum Gasteiger partial charge on any atom is -0.314 e. The number of hydrogen-bond acceptors (Lipinski definition) is 2. The Hall–Kier alpha value is -0.0800. The SMILES string of the molecule is CCC(C)CN(CC)C(C)CC1CCCCN1. The lowest BCUT2D eigenvalue weighted by Gasteiger charge is -2.34. The lowest BCUT2D eigenvalue weighted by atomic mass is 9.97. The fraction of sp³-hybridized carbons (Fsp3) is 1.00. The molecule has 1 fully saturated rings. The highest BCUT2D eigenvalue weighted by atomic mass is 15.1. The monoisotopic (exact) mass is 240 g/mol. The van der Waals surface area contributed by atoms with Crippen LogP contribution in [0.5, 0.6) is 0 Å². The Morgan fingerprint density at radius 1 is 1.24 bits per heavy atom. The van der Waals surface area contributed by atoms with Crippen molar-refractivity contribution in [1.82, 2.24) is 10.2 Å². The zero-order valence-electron chi connectivity index (χ0n) is 12.3. The van der Waals surface area contributed by atoms with Crippen LogP contribution in [0.1, 0.15) is 59.8 Å². The molecule has 2 nitrogen and oxygen atoms in total. The molecule has 1 saturated heterocycles. The second-order valence-electron chi connectivity index (χ2n) is 5.83. The lowest BCUT2D eigenvalue weighted by molar-refractivity contribution is 0.164. The van der Waals surface area contributed by atoms with Gasteiger partial charge in [0.25, 0.3) is 0 Å². The first-order chi connectivity index (χ1) is 8.17. The molecular weight excluding hydrogens is 208 g/mol. The van der Waals surface area contributed by atoms with E-state index in [4.69, 9.17) is 0 Å². The molecule has 2 heteroatoms. The predicted molar refractivity (Wildman–Crippen MR) is 76.4 cm³/mol. The maximum absolute atomic E-state index is 3.67. The van der Waals surface area contributed by atoms with Gasteiger partial charge in [0.2, 0.25) is 0 Å². The fourth-order valence-electron chi connectivity index (χ4n) is 2.84. The molecule has 1 heterocycles. The number of hydrogen-bond donors (Lipinski definition) is 1. The largest absolute Gasteiger partial charge is 0.314 e. The van der Waals surface area contributed by atoms with Crippen molar-refractivity contribution in [1.29, 1.82) is 0 Å². The summed E-state index contributed by atoms with van der Waals surface area (Å²) in [7, 11) is 0. The first-order valence-electron chi connectivity index (χ1n) is 7.64. The van der Waals surface area contributed by atoms with E-state index in [-0.39, 0.29) is 0 Å². The van der Waals surface area contributed by atoms with Crippen molar-refractivity contribution in [3.05, 3.63) is 0 Å². The standard InChI is InChI=1S/C15H32N2/c1-5-13(3)12-17(6-2)14(4)11-15-9-7-8-10-16-15/h13-16H,5-12H2,1-4H3. The van der Waals surface area contributed by atoms with Crippen molar-refractivity contribution in [2.24, 2.45) is 5.92 Å². The number of piperidine rings is 1. The highest BCUT2D eigenvalue weighted by Crippen LogP contribution is 2.16. The van der Waals surface area contributed by atoms with Crippen LogP contribution < -0.4 is 5.32 Å². The average Bonchev–Trinajstić information content (AvgIpc) is 2.36. The van der Waals surface area contributed by atoms with Gasteiger partial charge in [-0.2, -0.15) is 0 Å². The lowest BCUT2D eigenvalue weighted by Crippen LogP contribution is -2.43. The molecular formula is C15H32N2. The average molecular weight is 240 g/mol. The predicted octanol–water partition coefficient (Wildman–Crippen LogP) is 3.28. The van der Waals surface area contributed by atoms with Gasteiger partial charge < -0.3 is 10.2 Å². The highest BCUT2D eigenvalue weighted by molar-refractivity contribution is 4.78. The van der Waals surface area contributed by atoms with Crippen LogP contribution in [0.4, 0.5) is 0 Å². The van der Waals surface area contributed by atoms with E-state index >= 15 is 0 Å². The second kappa shape index (κ2) is 8.10. The third kappa shape index (κ3) is 5.39. The van der Waals surface area contributed by atoms with Crippen LogP contribution in [-0.2, 0) is 0 Å². The van der Waals surface area contributed by atoms with Crippen LogP contribution in [0.15, 0.2) is 0 Å². The van der Waals surface area contributed by atoms with Crippen LogP contribution in [-0.4, -0.2) is 36.6 Å². The van der Waals surface area contributed by atoms with E-state index in [0.717, 1.165) is 18.0 Å². The van der Waals surface area contributed by atoms with Gasteiger partial charge in [-0.05, 0) is 45.2 Å². The smallest absolute Gasteiger partial charge is 0.00818 e. The molecule has 0 radical (unpaired) electrons. The minimum atomic E-state index is 0.726. The summed E-state index contributed by atoms with van der Waals surface area (Å²) in [6.45, 7) is 13.1. The molecule has 0 bridgehead atoms. The van der Waals surface area contributed by atoms with Crippen LogP contribution in [0.25, 0.3) is 0 Å². The van der Waals surface area contributed by atoms with Crippen molar-refractivity contribution in [3.63, 3.8) is 0 Å². The van der Waals surface area contributed by atoms with E-state index in [0.29, 0.717) is 0 Å². The first-order valence-corrected chi connectivity index (χ1v) is 7.64.